The van der Waals surface area contributed by atoms with Gasteiger partial charge in [0.1, 0.15) is 17.1 Å². The Bertz CT molecular complexity index is 1280. The number of nitrogens with zero attached hydrogens (tertiary/aromatic N) is 2. The van der Waals surface area contributed by atoms with Gasteiger partial charge in [-0.15, -0.1) is 0 Å². The number of carbonyl (C=O) groups is 3. The molecule has 0 bridgehead atoms. The fraction of sp³-hybridized carbons (Fsp3) is 0.125. The number of aryl methyl sites for hydroxylation is 1. The van der Waals surface area contributed by atoms with Crippen molar-refractivity contribution in [1.82, 2.24) is 0 Å². The normalized spacial score (nSPS) is 10.3. The second-order valence-corrected chi connectivity index (χ2v) is 7.09. The molecule has 0 saturated heterocycles. The molecule has 3 rings (SSSR count). The summed E-state index contributed by atoms with van der Waals surface area (Å²) in [5, 5.41) is 21.1. The van der Waals surface area contributed by atoms with Gasteiger partial charge in [0, 0.05) is 29.8 Å². The zero-order chi connectivity index (χ0) is 25.0. The van der Waals surface area contributed by atoms with Crippen LogP contribution < -0.4 is 14.4 Å². The Hall–Kier alpha value is -4.73. The minimum atomic E-state index is -1.68. The highest BCUT2D eigenvalue weighted by Gasteiger charge is 2.34. The van der Waals surface area contributed by atoms with E-state index in [4.69, 9.17) is 9.47 Å². The number of rotatable bonds is 7. The molecule has 3 aromatic carbocycles. The van der Waals surface area contributed by atoms with Gasteiger partial charge >= 0.3 is 5.97 Å². The number of aromatic carboxylic acids is 1. The van der Waals surface area contributed by atoms with Crippen LogP contribution in [0.1, 0.15) is 36.6 Å². The van der Waals surface area contributed by atoms with E-state index in [9.17, 15) is 29.6 Å². The predicted octanol–water partition coefficient (Wildman–Crippen LogP) is 4.11. The Morgan fingerprint density at radius 2 is 1.44 bits per heavy atom. The zero-order valence-electron chi connectivity index (χ0n) is 18.5. The second kappa shape index (κ2) is 9.82. The minimum Gasteiger partial charge on any atom is -0.497 e. The van der Waals surface area contributed by atoms with Gasteiger partial charge in [0.15, 0.2) is 0 Å². The highest BCUT2D eigenvalue weighted by Crippen LogP contribution is 2.32. The molecule has 0 radical (unpaired) electrons. The molecule has 0 unspecified atom stereocenters. The van der Waals surface area contributed by atoms with E-state index < -0.39 is 39.5 Å². The molecule has 10 heteroatoms. The summed E-state index contributed by atoms with van der Waals surface area (Å²) in [7, 11) is 2.77. The van der Waals surface area contributed by atoms with Crippen LogP contribution in [0.5, 0.6) is 11.5 Å². The van der Waals surface area contributed by atoms with E-state index in [2.05, 4.69) is 0 Å². The largest absolute Gasteiger partial charge is 0.497 e. The van der Waals surface area contributed by atoms with Crippen molar-refractivity contribution < 1.29 is 33.9 Å². The number of methoxy groups -OCH3 is 2. The molecule has 0 aliphatic heterocycles. The average Bonchev–Trinajstić information content (AvgIpc) is 2.83. The summed E-state index contributed by atoms with van der Waals surface area (Å²) in [6, 6.07) is 14.1. The van der Waals surface area contributed by atoms with Gasteiger partial charge < -0.3 is 14.6 Å². The maximum absolute atomic E-state index is 13.7. The van der Waals surface area contributed by atoms with Crippen LogP contribution >= 0.6 is 0 Å². The lowest BCUT2D eigenvalue weighted by atomic mass is 10.0. The van der Waals surface area contributed by atoms with Crippen molar-refractivity contribution in [2.75, 3.05) is 19.1 Å². The first-order chi connectivity index (χ1) is 16.2. The molecular formula is C24H20N2O8. The molecule has 0 aromatic heterocycles. The first kappa shape index (κ1) is 23.9. The third kappa shape index (κ3) is 4.56. The lowest BCUT2D eigenvalue weighted by molar-refractivity contribution is -0.385. The quantitative estimate of drug-likeness (QED) is 0.313. The third-order valence-electron chi connectivity index (χ3n) is 5.06. The predicted molar refractivity (Wildman–Crippen MR) is 122 cm³/mol. The van der Waals surface area contributed by atoms with Gasteiger partial charge in [-0.1, -0.05) is 24.3 Å². The Labute approximate surface area is 194 Å². The summed E-state index contributed by atoms with van der Waals surface area (Å²) >= 11 is 0. The van der Waals surface area contributed by atoms with E-state index in [0.717, 1.165) is 17.0 Å². The van der Waals surface area contributed by atoms with Crippen molar-refractivity contribution in [3.05, 3.63) is 93.0 Å². The molecule has 0 fully saturated rings. The molecule has 2 amide bonds. The number of nitro groups is 1. The van der Waals surface area contributed by atoms with Crippen molar-refractivity contribution in [1.29, 1.82) is 0 Å². The van der Waals surface area contributed by atoms with Gasteiger partial charge in [-0.2, -0.15) is 0 Å². The highest BCUT2D eigenvalue weighted by atomic mass is 16.6. The molecule has 34 heavy (non-hydrogen) atoms. The zero-order valence-corrected chi connectivity index (χ0v) is 18.5. The summed E-state index contributed by atoms with van der Waals surface area (Å²) in [5.41, 5.74) is -1.35. The highest BCUT2D eigenvalue weighted by molar-refractivity contribution is 6.28. The van der Waals surface area contributed by atoms with Crippen molar-refractivity contribution in [2.24, 2.45) is 0 Å². The Kier molecular flexibility index (Phi) is 6.91. The van der Waals surface area contributed by atoms with Crippen molar-refractivity contribution in [2.45, 2.75) is 6.92 Å². The summed E-state index contributed by atoms with van der Waals surface area (Å²) in [6.07, 6.45) is 0. The number of ether oxygens (including phenoxy) is 2. The maximum atomic E-state index is 13.7. The number of hydrogen-bond acceptors (Lipinski definition) is 7. The van der Waals surface area contributed by atoms with Crippen LogP contribution in [-0.4, -0.2) is 42.0 Å². The van der Waals surface area contributed by atoms with E-state index in [0.29, 0.717) is 5.56 Å². The van der Waals surface area contributed by atoms with Crippen molar-refractivity contribution >= 4 is 29.2 Å². The molecule has 0 aliphatic carbocycles. The lowest BCUT2D eigenvalue weighted by Crippen LogP contribution is -2.38. The average molecular weight is 464 g/mol. The maximum Gasteiger partial charge on any atom is 0.343 e. The van der Waals surface area contributed by atoms with Crippen LogP contribution in [0.25, 0.3) is 0 Å². The van der Waals surface area contributed by atoms with Gasteiger partial charge in [0.25, 0.3) is 17.5 Å². The molecule has 0 spiro atoms. The van der Waals surface area contributed by atoms with Gasteiger partial charge in [0.2, 0.25) is 0 Å². The number of carbonyl (C=O) groups excluding carboxylic acids is 2. The summed E-state index contributed by atoms with van der Waals surface area (Å²) in [4.78, 5) is 50.5. The molecule has 0 heterocycles. The van der Waals surface area contributed by atoms with Crippen LogP contribution in [0.3, 0.4) is 0 Å². The molecule has 174 valence electrons. The van der Waals surface area contributed by atoms with Crippen LogP contribution in [0.4, 0.5) is 11.4 Å². The van der Waals surface area contributed by atoms with E-state index in [-0.39, 0.29) is 22.7 Å². The van der Waals surface area contributed by atoms with Crippen molar-refractivity contribution in [3.63, 3.8) is 0 Å². The monoisotopic (exact) mass is 464 g/mol. The minimum absolute atomic E-state index is 0.0253. The standard InChI is InChI=1S/C24H20N2O8/c1-14-7-4-5-8-18(14)22(27)25(15-11-16(33-2)13-17(12-15)34-3)23(28)19-9-6-10-20(26(31)32)21(19)24(29)30/h4-13H,1-3H3,(H,29,30). The van der Waals surface area contributed by atoms with Gasteiger partial charge in [-0.25, -0.2) is 9.69 Å². The number of carboxylic acid groups (broad SMARTS) is 1. The van der Waals surface area contributed by atoms with Crippen LogP contribution in [0.2, 0.25) is 0 Å². The molecule has 0 saturated carbocycles. The van der Waals surface area contributed by atoms with E-state index in [1.165, 1.54) is 44.6 Å². The number of benzene rings is 3. The summed E-state index contributed by atoms with van der Waals surface area (Å²) in [5.74, 6) is -2.97. The molecule has 0 atom stereocenters. The topological polar surface area (TPSA) is 136 Å². The summed E-state index contributed by atoms with van der Waals surface area (Å²) in [6.45, 7) is 1.68. The fourth-order valence-electron chi connectivity index (χ4n) is 3.40. The van der Waals surface area contributed by atoms with Crippen LogP contribution in [-0.2, 0) is 0 Å². The number of nitro benzene ring substituents is 1. The van der Waals surface area contributed by atoms with Gasteiger partial charge in [0.05, 0.1) is 30.4 Å². The number of anilines is 1. The van der Waals surface area contributed by atoms with E-state index in [1.54, 1.807) is 25.1 Å². The van der Waals surface area contributed by atoms with Crippen molar-refractivity contribution in [3.8, 4) is 11.5 Å². The molecule has 1 N–H and O–H groups in total. The molecule has 10 nitrogen and oxygen atoms in total. The van der Waals surface area contributed by atoms with Crippen LogP contribution in [0.15, 0.2) is 60.7 Å². The number of hydrogen-bond donors (Lipinski definition) is 1. The van der Waals surface area contributed by atoms with Gasteiger partial charge in [-0.3, -0.25) is 19.7 Å². The number of amides is 2. The SMILES string of the molecule is COc1cc(OC)cc(N(C(=O)c2ccccc2C)C(=O)c2cccc([N+](=O)[O-])c2C(=O)O)c1. The first-order valence-corrected chi connectivity index (χ1v) is 9.87. The lowest BCUT2D eigenvalue weighted by Gasteiger charge is -2.23. The Morgan fingerprint density at radius 3 is 1.97 bits per heavy atom. The van der Waals surface area contributed by atoms with E-state index in [1.807, 2.05) is 0 Å². The molecular weight excluding hydrogens is 444 g/mol. The summed E-state index contributed by atoms with van der Waals surface area (Å²) < 4.78 is 10.5. The Morgan fingerprint density at radius 1 is 0.882 bits per heavy atom. The third-order valence-corrected chi connectivity index (χ3v) is 5.06. The second-order valence-electron chi connectivity index (χ2n) is 7.09. The van der Waals surface area contributed by atoms with E-state index >= 15 is 0 Å². The molecule has 0 aliphatic rings. The number of imide groups is 1. The van der Waals surface area contributed by atoms with Gasteiger partial charge in [-0.05, 0) is 24.6 Å². The number of carboxylic acids is 1. The molecule has 3 aromatic rings. The Balaban J connectivity index is 2.30. The van der Waals surface area contributed by atoms with Crippen LogP contribution in [0, 0.1) is 17.0 Å². The smallest absolute Gasteiger partial charge is 0.343 e. The first-order valence-electron chi connectivity index (χ1n) is 9.87. The fourth-order valence-corrected chi connectivity index (χ4v) is 3.40.